The molecule has 3 rings (SSSR count). The number of nitrogens with one attached hydrogen (secondary N) is 1. The van der Waals surface area contributed by atoms with Gasteiger partial charge in [0, 0.05) is 19.8 Å². The van der Waals surface area contributed by atoms with E-state index in [1.165, 1.54) is 0 Å². The van der Waals surface area contributed by atoms with E-state index < -0.39 is 0 Å². The van der Waals surface area contributed by atoms with Crippen molar-refractivity contribution in [3.05, 3.63) is 53.2 Å². The lowest BCUT2D eigenvalue weighted by Crippen LogP contribution is -2.22. The Balaban J connectivity index is 1.73. The minimum absolute atomic E-state index is 0.0575. The van der Waals surface area contributed by atoms with Crippen molar-refractivity contribution in [1.29, 1.82) is 0 Å². The second-order valence-corrected chi connectivity index (χ2v) is 6.04. The van der Waals surface area contributed by atoms with Gasteiger partial charge in [-0.25, -0.2) is 0 Å². The number of nitrogens with zero attached hydrogens (tertiary/aromatic N) is 3. The Hall–Kier alpha value is -2.67. The van der Waals surface area contributed by atoms with Crippen LogP contribution in [-0.2, 0) is 6.54 Å². The maximum Gasteiger partial charge on any atom is 0.255 e. The Morgan fingerprint density at radius 2 is 2.09 bits per heavy atom. The molecule has 0 radical (unpaired) electrons. The van der Waals surface area contributed by atoms with Gasteiger partial charge in [-0.2, -0.15) is 4.98 Å². The van der Waals surface area contributed by atoms with Crippen LogP contribution >= 0.6 is 11.3 Å². The summed E-state index contributed by atoms with van der Waals surface area (Å²) in [5, 5.41) is 9.11. The van der Waals surface area contributed by atoms with Crippen LogP contribution in [-0.4, -0.2) is 35.0 Å². The van der Waals surface area contributed by atoms with E-state index in [4.69, 9.17) is 4.52 Å². The quantitative estimate of drug-likeness (QED) is 0.779. The van der Waals surface area contributed by atoms with Crippen LogP contribution < -0.4 is 5.32 Å². The molecule has 1 N–H and O–H groups in total. The maximum absolute atomic E-state index is 12.2. The lowest BCUT2D eigenvalue weighted by Gasteiger charge is -2.14. The lowest BCUT2D eigenvalue weighted by atomic mass is 10.1. The number of thiophene rings is 1. The van der Waals surface area contributed by atoms with Gasteiger partial charge in [-0.15, -0.1) is 11.3 Å². The van der Waals surface area contributed by atoms with Crippen LogP contribution in [0.3, 0.4) is 0 Å². The zero-order chi connectivity index (χ0) is 16.2. The first kappa shape index (κ1) is 15.2. The van der Waals surface area contributed by atoms with Crippen molar-refractivity contribution in [2.45, 2.75) is 6.54 Å². The molecule has 0 aliphatic carbocycles. The Bertz CT molecular complexity index is 796. The summed E-state index contributed by atoms with van der Waals surface area (Å²) in [4.78, 5) is 19.0. The van der Waals surface area contributed by atoms with Gasteiger partial charge in [0.05, 0.1) is 17.0 Å². The molecule has 23 heavy (non-hydrogen) atoms. The van der Waals surface area contributed by atoms with Gasteiger partial charge in [0.15, 0.2) is 0 Å². The van der Waals surface area contributed by atoms with Crippen LogP contribution in [0.15, 0.2) is 46.3 Å². The summed E-state index contributed by atoms with van der Waals surface area (Å²) >= 11 is 1.56. The molecule has 0 bridgehead atoms. The molecule has 1 amide bonds. The molecule has 2 aromatic heterocycles. The molecule has 0 saturated carbocycles. The largest absolute Gasteiger partial charge is 0.375 e. The van der Waals surface area contributed by atoms with Crippen LogP contribution in [0, 0.1) is 0 Å². The van der Waals surface area contributed by atoms with Gasteiger partial charge in [-0.1, -0.05) is 23.4 Å². The van der Waals surface area contributed by atoms with E-state index in [-0.39, 0.29) is 5.91 Å². The van der Waals surface area contributed by atoms with Gasteiger partial charge in [0.1, 0.15) is 0 Å². The zero-order valence-corrected chi connectivity index (χ0v) is 13.6. The molecule has 2 heterocycles. The highest BCUT2D eigenvalue weighted by molar-refractivity contribution is 7.13. The molecule has 0 spiro atoms. The lowest BCUT2D eigenvalue weighted by molar-refractivity contribution is 0.0828. The molecule has 6 nitrogen and oxygen atoms in total. The third-order valence-corrected chi connectivity index (χ3v) is 4.07. The number of amides is 1. The first-order valence-corrected chi connectivity index (χ1v) is 7.94. The molecule has 0 aliphatic heterocycles. The number of aromatic nitrogens is 2. The number of para-hydroxylation sites is 1. The molecule has 1 aromatic carbocycles. The van der Waals surface area contributed by atoms with Gasteiger partial charge in [-0.05, 0) is 23.6 Å². The summed E-state index contributed by atoms with van der Waals surface area (Å²) in [5.74, 6) is 0.993. The Kier molecular flexibility index (Phi) is 4.38. The van der Waals surface area contributed by atoms with Crippen molar-refractivity contribution in [2.75, 3.05) is 19.4 Å². The smallest absolute Gasteiger partial charge is 0.255 e. The maximum atomic E-state index is 12.2. The van der Waals surface area contributed by atoms with Crippen LogP contribution in [0.2, 0.25) is 0 Å². The van der Waals surface area contributed by atoms with Crippen molar-refractivity contribution in [3.63, 3.8) is 0 Å². The number of hydrogen-bond acceptors (Lipinski definition) is 6. The number of benzene rings is 1. The van der Waals surface area contributed by atoms with E-state index in [9.17, 15) is 4.79 Å². The number of rotatable bonds is 5. The van der Waals surface area contributed by atoms with E-state index in [0.717, 1.165) is 10.6 Å². The Morgan fingerprint density at radius 1 is 1.26 bits per heavy atom. The molecule has 0 fully saturated rings. The monoisotopic (exact) mass is 328 g/mol. The second-order valence-electron chi connectivity index (χ2n) is 5.09. The fourth-order valence-electron chi connectivity index (χ4n) is 2.07. The zero-order valence-electron chi connectivity index (χ0n) is 12.8. The summed E-state index contributed by atoms with van der Waals surface area (Å²) in [6.07, 6.45) is 0. The summed E-state index contributed by atoms with van der Waals surface area (Å²) in [5.41, 5.74) is 1.34. The van der Waals surface area contributed by atoms with E-state index in [2.05, 4.69) is 15.5 Å². The number of hydrogen-bond donors (Lipinski definition) is 1. The minimum atomic E-state index is -0.0575. The molecule has 0 atom stereocenters. The molecule has 0 unspecified atom stereocenters. The van der Waals surface area contributed by atoms with Gasteiger partial charge >= 0.3 is 0 Å². The normalized spacial score (nSPS) is 10.5. The predicted octanol–water partition coefficient (Wildman–Crippen LogP) is 3.11. The molecule has 0 saturated heterocycles. The van der Waals surface area contributed by atoms with E-state index in [1.807, 2.05) is 35.7 Å². The van der Waals surface area contributed by atoms with Crippen LogP contribution in [0.4, 0.5) is 5.69 Å². The number of carbonyl (C=O) groups is 1. The molecular weight excluding hydrogens is 312 g/mol. The van der Waals surface area contributed by atoms with Gasteiger partial charge in [-0.3, -0.25) is 4.79 Å². The first-order chi connectivity index (χ1) is 11.1. The van der Waals surface area contributed by atoms with Crippen molar-refractivity contribution in [3.8, 4) is 10.7 Å². The summed E-state index contributed by atoms with van der Waals surface area (Å²) in [6.45, 7) is 0.357. The van der Waals surface area contributed by atoms with Gasteiger partial charge < -0.3 is 14.7 Å². The molecule has 3 aromatic rings. The third kappa shape index (κ3) is 3.40. The Labute approximate surface area is 137 Å². The number of anilines is 1. The molecular formula is C16H16N4O2S. The molecule has 7 heteroatoms. The van der Waals surface area contributed by atoms with Gasteiger partial charge in [0.25, 0.3) is 5.91 Å². The highest BCUT2D eigenvalue weighted by Crippen LogP contribution is 2.22. The predicted molar refractivity (Wildman–Crippen MR) is 89.4 cm³/mol. The molecule has 118 valence electrons. The average Bonchev–Trinajstić information content (AvgIpc) is 3.23. The summed E-state index contributed by atoms with van der Waals surface area (Å²) in [7, 11) is 3.45. The fraction of sp³-hybridized carbons (Fsp3) is 0.188. The molecule has 0 aliphatic rings. The van der Waals surface area contributed by atoms with Crippen molar-refractivity contribution in [2.24, 2.45) is 0 Å². The summed E-state index contributed by atoms with van der Waals surface area (Å²) in [6, 6.07) is 11.2. The number of carbonyl (C=O) groups excluding carboxylic acids is 1. The average molecular weight is 328 g/mol. The van der Waals surface area contributed by atoms with Gasteiger partial charge in [0.2, 0.25) is 11.7 Å². The topological polar surface area (TPSA) is 71.3 Å². The SMILES string of the molecule is CN(C)C(=O)c1ccccc1NCc1nc(-c2cccs2)no1. The van der Waals surface area contributed by atoms with Crippen LogP contribution in [0.1, 0.15) is 16.2 Å². The summed E-state index contributed by atoms with van der Waals surface area (Å²) < 4.78 is 5.25. The standard InChI is InChI=1S/C16H16N4O2S/c1-20(2)16(21)11-6-3-4-7-12(11)17-10-14-18-15(19-22-14)13-8-5-9-23-13/h3-9,17H,10H2,1-2H3. The second kappa shape index (κ2) is 6.62. The van der Waals surface area contributed by atoms with Crippen LogP contribution in [0.25, 0.3) is 10.7 Å². The highest BCUT2D eigenvalue weighted by Gasteiger charge is 2.14. The van der Waals surface area contributed by atoms with E-state index >= 15 is 0 Å². The fourth-order valence-corrected chi connectivity index (χ4v) is 2.72. The van der Waals surface area contributed by atoms with Crippen molar-refractivity contribution < 1.29 is 9.32 Å². The van der Waals surface area contributed by atoms with Crippen molar-refractivity contribution in [1.82, 2.24) is 15.0 Å². The Morgan fingerprint density at radius 3 is 2.83 bits per heavy atom. The van der Waals surface area contributed by atoms with E-state index in [1.54, 1.807) is 36.4 Å². The van der Waals surface area contributed by atoms with Crippen molar-refractivity contribution >= 4 is 22.9 Å². The van der Waals surface area contributed by atoms with Crippen LogP contribution in [0.5, 0.6) is 0 Å². The first-order valence-electron chi connectivity index (χ1n) is 7.06. The van der Waals surface area contributed by atoms with E-state index in [0.29, 0.717) is 23.8 Å². The highest BCUT2D eigenvalue weighted by atomic mass is 32.1. The minimum Gasteiger partial charge on any atom is -0.375 e. The third-order valence-electron chi connectivity index (χ3n) is 3.20.